The number of non-ortho nitro benzene ring substituents is 1. The van der Waals surface area contributed by atoms with Gasteiger partial charge in [0.1, 0.15) is 35.1 Å². The van der Waals surface area contributed by atoms with E-state index in [2.05, 4.69) is 4.99 Å². The predicted octanol–water partition coefficient (Wildman–Crippen LogP) is 3.50. The standard InChI is InChI=1S/C21H23F4N3O6/c1-5-27-14(9-15(29)34-19(2,3)4)26-20(12-8-11(28(31)32)6-7-13(12)22)10-33-17(21(23,24)25)16(20)18(27)30/h6-8,16-17H,5,9-10H2,1-4H3/t16-,17-,20+/m0/s1. The van der Waals surface area contributed by atoms with Crippen molar-refractivity contribution in [3.05, 3.63) is 39.7 Å². The Morgan fingerprint density at radius 1 is 1.35 bits per heavy atom. The molecule has 186 valence electrons. The Kier molecular flexibility index (Phi) is 6.46. The number of benzene rings is 1. The van der Waals surface area contributed by atoms with Gasteiger partial charge in [-0.2, -0.15) is 13.2 Å². The van der Waals surface area contributed by atoms with Crippen LogP contribution in [-0.4, -0.2) is 58.6 Å². The van der Waals surface area contributed by atoms with Gasteiger partial charge in [0.05, 0.1) is 11.5 Å². The van der Waals surface area contributed by atoms with Crippen LogP contribution in [0.25, 0.3) is 0 Å². The first-order valence-electron chi connectivity index (χ1n) is 10.4. The molecule has 1 aromatic carbocycles. The number of aliphatic imine (C=N–C) groups is 1. The lowest BCUT2D eigenvalue weighted by molar-refractivity contribution is -0.385. The molecule has 2 aliphatic heterocycles. The summed E-state index contributed by atoms with van der Waals surface area (Å²) < 4.78 is 66.5. The molecular weight excluding hydrogens is 466 g/mol. The number of hydrogen-bond acceptors (Lipinski definition) is 7. The van der Waals surface area contributed by atoms with E-state index in [0.717, 1.165) is 23.1 Å². The van der Waals surface area contributed by atoms with Crippen molar-refractivity contribution in [2.24, 2.45) is 10.9 Å². The molecule has 0 radical (unpaired) electrons. The molecule has 2 aliphatic rings. The van der Waals surface area contributed by atoms with Gasteiger partial charge in [-0.15, -0.1) is 0 Å². The van der Waals surface area contributed by atoms with E-state index < -0.39 is 76.2 Å². The Morgan fingerprint density at radius 3 is 2.53 bits per heavy atom. The summed E-state index contributed by atoms with van der Waals surface area (Å²) in [7, 11) is 0. The topological polar surface area (TPSA) is 111 Å². The summed E-state index contributed by atoms with van der Waals surface area (Å²) >= 11 is 0. The van der Waals surface area contributed by atoms with Crippen molar-refractivity contribution < 1.29 is 41.5 Å². The minimum absolute atomic E-state index is 0.130. The fraction of sp³-hybridized carbons (Fsp3) is 0.571. The number of nitro groups is 1. The molecule has 0 saturated carbocycles. The summed E-state index contributed by atoms with van der Waals surface area (Å²) in [5.74, 6) is -5.28. The van der Waals surface area contributed by atoms with E-state index in [-0.39, 0.29) is 12.4 Å². The number of alkyl halides is 3. The molecule has 0 bridgehead atoms. The van der Waals surface area contributed by atoms with Gasteiger partial charge in [0.2, 0.25) is 5.91 Å². The highest BCUT2D eigenvalue weighted by molar-refractivity contribution is 6.08. The summed E-state index contributed by atoms with van der Waals surface area (Å²) in [5, 5.41) is 11.3. The molecule has 1 fully saturated rings. The zero-order valence-electron chi connectivity index (χ0n) is 18.8. The monoisotopic (exact) mass is 489 g/mol. The Hall–Kier alpha value is -3.09. The molecule has 13 heteroatoms. The Balaban J connectivity index is 2.23. The summed E-state index contributed by atoms with van der Waals surface area (Å²) in [6.07, 6.45) is -8.21. The number of halogens is 4. The van der Waals surface area contributed by atoms with E-state index in [0.29, 0.717) is 0 Å². The number of nitro benzene ring substituents is 1. The van der Waals surface area contributed by atoms with E-state index in [1.54, 1.807) is 20.8 Å². The second-order valence-electron chi connectivity index (χ2n) is 8.97. The SMILES string of the molecule is CCN1C(=O)[C@@H]2[C@@H](C(F)(F)F)OC[C@]2(c2cc([N+](=O)[O-])ccc2F)N=C1CC(=O)OC(C)(C)C. The molecule has 0 spiro atoms. The molecule has 1 aromatic rings. The van der Waals surface area contributed by atoms with Gasteiger partial charge in [-0.3, -0.25) is 29.6 Å². The quantitative estimate of drug-likeness (QED) is 0.271. The lowest BCUT2D eigenvalue weighted by Gasteiger charge is -2.41. The van der Waals surface area contributed by atoms with Crippen LogP contribution in [0.3, 0.4) is 0 Å². The van der Waals surface area contributed by atoms with Crippen molar-refractivity contribution in [3.8, 4) is 0 Å². The van der Waals surface area contributed by atoms with Crippen LogP contribution >= 0.6 is 0 Å². The average molecular weight is 489 g/mol. The highest BCUT2D eigenvalue weighted by Crippen LogP contribution is 2.51. The molecule has 0 N–H and O–H groups in total. The minimum Gasteiger partial charge on any atom is -0.460 e. The van der Waals surface area contributed by atoms with Crippen LogP contribution in [0.2, 0.25) is 0 Å². The molecule has 1 amide bonds. The first kappa shape index (κ1) is 25.5. The Bertz CT molecular complexity index is 1050. The first-order valence-corrected chi connectivity index (χ1v) is 10.4. The van der Waals surface area contributed by atoms with Crippen LogP contribution in [0.4, 0.5) is 23.2 Å². The van der Waals surface area contributed by atoms with Crippen LogP contribution in [0.1, 0.15) is 39.7 Å². The average Bonchev–Trinajstić information content (AvgIpc) is 3.08. The molecule has 2 heterocycles. The van der Waals surface area contributed by atoms with E-state index in [1.165, 1.54) is 6.92 Å². The lowest BCUT2D eigenvalue weighted by Crippen LogP contribution is -2.57. The zero-order valence-corrected chi connectivity index (χ0v) is 18.8. The van der Waals surface area contributed by atoms with Crippen LogP contribution in [0, 0.1) is 21.8 Å². The lowest BCUT2D eigenvalue weighted by atomic mass is 9.75. The summed E-state index contributed by atoms with van der Waals surface area (Å²) in [6, 6.07) is 2.31. The number of ether oxygens (including phenoxy) is 2. The summed E-state index contributed by atoms with van der Waals surface area (Å²) in [4.78, 5) is 41.4. The van der Waals surface area contributed by atoms with Gasteiger partial charge in [0.15, 0.2) is 6.10 Å². The van der Waals surface area contributed by atoms with Crippen molar-refractivity contribution in [2.45, 2.75) is 57.5 Å². The number of carbonyl (C=O) groups excluding carboxylic acids is 2. The molecule has 3 atom stereocenters. The molecule has 34 heavy (non-hydrogen) atoms. The van der Waals surface area contributed by atoms with Gasteiger partial charge in [-0.25, -0.2) is 4.39 Å². The van der Waals surface area contributed by atoms with Crippen LogP contribution in [0.5, 0.6) is 0 Å². The Labute approximate surface area is 191 Å². The molecule has 3 rings (SSSR count). The van der Waals surface area contributed by atoms with Crippen LogP contribution in [0.15, 0.2) is 23.2 Å². The van der Waals surface area contributed by atoms with Gasteiger partial charge in [-0.1, -0.05) is 0 Å². The molecule has 0 aromatic heterocycles. The summed E-state index contributed by atoms with van der Waals surface area (Å²) in [6.45, 7) is 5.28. The maximum absolute atomic E-state index is 14.9. The maximum atomic E-state index is 14.9. The highest BCUT2D eigenvalue weighted by atomic mass is 19.4. The van der Waals surface area contributed by atoms with Gasteiger partial charge < -0.3 is 9.47 Å². The van der Waals surface area contributed by atoms with Gasteiger partial charge in [0, 0.05) is 24.2 Å². The van der Waals surface area contributed by atoms with Crippen LogP contribution < -0.4 is 0 Å². The van der Waals surface area contributed by atoms with Crippen molar-refractivity contribution in [1.29, 1.82) is 0 Å². The Morgan fingerprint density at radius 2 is 2.00 bits per heavy atom. The summed E-state index contributed by atoms with van der Waals surface area (Å²) in [5.41, 5.74) is -4.35. The highest BCUT2D eigenvalue weighted by Gasteiger charge is 2.66. The number of hydrogen-bond donors (Lipinski definition) is 0. The van der Waals surface area contributed by atoms with Gasteiger partial charge in [0.25, 0.3) is 5.69 Å². The predicted molar refractivity (Wildman–Crippen MR) is 109 cm³/mol. The number of fused-ring (bicyclic) bond motifs is 1. The zero-order chi connectivity index (χ0) is 25.6. The third kappa shape index (κ3) is 4.61. The molecule has 0 unspecified atom stereocenters. The van der Waals surface area contributed by atoms with Crippen LogP contribution in [-0.2, 0) is 24.6 Å². The third-order valence-electron chi connectivity index (χ3n) is 5.46. The molecule has 0 aliphatic carbocycles. The van der Waals surface area contributed by atoms with E-state index in [1.807, 2.05) is 0 Å². The maximum Gasteiger partial charge on any atom is 0.415 e. The number of amidine groups is 1. The smallest absolute Gasteiger partial charge is 0.415 e. The van der Waals surface area contributed by atoms with Crippen molar-refractivity contribution in [2.75, 3.05) is 13.2 Å². The fourth-order valence-corrected chi connectivity index (χ4v) is 4.20. The van der Waals surface area contributed by atoms with Crippen molar-refractivity contribution in [1.82, 2.24) is 4.90 Å². The number of carbonyl (C=O) groups is 2. The number of rotatable bonds is 5. The van der Waals surface area contributed by atoms with Gasteiger partial charge >= 0.3 is 12.1 Å². The number of amides is 1. The fourth-order valence-electron chi connectivity index (χ4n) is 4.20. The third-order valence-corrected chi connectivity index (χ3v) is 5.46. The van der Waals surface area contributed by atoms with E-state index >= 15 is 0 Å². The van der Waals surface area contributed by atoms with E-state index in [9.17, 15) is 37.3 Å². The molecule has 1 saturated heterocycles. The van der Waals surface area contributed by atoms with E-state index in [4.69, 9.17) is 9.47 Å². The normalized spacial score (nSPS) is 25.1. The molecular formula is C21H23F4N3O6. The van der Waals surface area contributed by atoms with Gasteiger partial charge in [-0.05, 0) is 33.8 Å². The number of nitrogens with zero attached hydrogens (tertiary/aromatic N) is 3. The second kappa shape index (κ2) is 8.60. The minimum atomic E-state index is -5.00. The largest absolute Gasteiger partial charge is 0.460 e. The van der Waals surface area contributed by atoms with Crippen molar-refractivity contribution >= 4 is 23.4 Å². The second-order valence-corrected chi connectivity index (χ2v) is 8.97. The molecule has 9 nitrogen and oxygen atoms in total. The number of esters is 1. The first-order chi connectivity index (χ1) is 15.6. The van der Waals surface area contributed by atoms with Crippen molar-refractivity contribution in [3.63, 3.8) is 0 Å².